The Balaban J connectivity index is 2.42. The van der Waals surface area contributed by atoms with Gasteiger partial charge in [-0.25, -0.2) is 0 Å². The molecule has 0 atom stereocenters. The second-order valence-corrected chi connectivity index (χ2v) is 3.26. The molecule has 1 aromatic heterocycles. The van der Waals surface area contributed by atoms with Gasteiger partial charge in [-0.1, -0.05) is 0 Å². The molecule has 0 aromatic carbocycles. The van der Waals surface area contributed by atoms with Gasteiger partial charge < -0.3 is 0 Å². The van der Waals surface area contributed by atoms with Crippen LogP contribution in [0.5, 0.6) is 0 Å². The van der Waals surface area contributed by atoms with Crippen LogP contribution in [-0.2, 0) is 6.54 Å². The lowest BCUT2D eigenvalue weighted by atomic mass is 10.4. The van der Waals surface area contributed by atoms with E-state index in [0.717, 1.165) is 12.3 Å². The number of hydrogen-bond donors (Lipinski definition) is 0. The highest BCUT2D eigenvalue weighted by molar-refractivity contribution is 7.98. The molecule has 0 aliphatic carbocycles. The summed E-state index contributed by atoms with van der Waals surface area (Å²) in [7, 11) is 0. The lowest BCUT2D eigenvalue weighted by Gasteiger charge is -1.96. The Kier molecular flexibility index (Phi) is 2.81. The van der Waals surface area contributed by atoms with Crippen LogP contribution in [0.4, 0.5) is 0 Å². The summed E-state index contributed by atoms with van der Waals surface area (Å²) in [5.74, 6) is 1.14. The molecule has 2 nitrogen and oxygen atoms in total. The Labute approximate surface area is 65.6 Å². The van der Waals surface area contributed by atoms with Crippen molar-refractivity contribution in [2.24, 2.45) is 0 Å². The molecule has 0 bridgehead atoms. The average Bonchev–Trinajstić information content (AvgIpc) is 2.31. The zero-order chi connectivity index (χ0) is 7.40. The molecule has 1 heterocycles. The lowest BCUT2D eigenvalue weighted by molar-refractivity contribution is 0.666. The van der Waals surface area contributed by atoms with Crippen molar-refractivity contribution in [2.75, 3.05) is 12.0 Å². The molecule has 0 N–H and O–H groups in total. The van der Waals surface area contributed by atoms with Crippen LogP contribution in [-0.4, -0.2) is 21.8 Å². The van der Waals surface area contributed by atoms with Crippen molar-refractivity contribution < 1.29 is 0 Å². The van der Waals surface area contributed by atoms with Gasteiger partial charge in [0.1, 0.15) is 0 Å². The number of hydrogen-bond acceptors (Lipinski definition) is 2. The SMILES string of the molecule is CSCCn1cc(C)cn1. The minimum absolute atomic E-state index is 1.02. The molecular weight excluding hydrogens is 144 g/mol. The lowest BCUT2D eigenvalue weighted by Crippen LogP contribution is -1.99. The molecule has 0 unspecified atom stereocenters. The first-order valence-corrected chi connectivity index (χ1v) is 4.70. The van der Waals surface area contributed by atoms with Gasteiger partial charge in [0, 0.05) is 18.5 Å². The number of nitrogens with zero attached hydrogens (tertiary/aromatic N) is 2. The van der Waals surface area contributed by atoms with Crippen LogP contribution in [0.25, 0.3) is 0 Å². The summed E-state index contributed by atoms with van der Waals surface area (Å²) < 4.78 is 1.98. The molecule has 0 fully saturated rings. The van der Waals surface area contributed by atoms with Gasteiger partial charge in [0.15, 0.2) is 0 Å². The quantitative estimate of drug-likeness (QED) is 0.661. The summed E-state index contributed by atoms with van der Waals surface area (Å²) in [6, 6.07) is 0. The molecule has 0 saturated heterocycles. The first kappa shape index (κ1) is 7.66. The third-order valence-electron chi connectivity index (χ3n) is 1.29. The fraction of sp³-hybridized carbons (Fsp3) is 0.571. The van der Waals surface area contributed by atoms with Crippen LogP contribution in [0.2, 0.25) is 0 Å². The van der Waals surface area contributed by atoms with E-state index in [9.17, 15) is 0 Å². The van der Waals surface area contributed by atoms with E-state index in [1.54, 1.807) is 0 Å². The van der Waals surface area contributed by atoms with Crippen LogP contribution in [0, 0.1) is 6.92 Å². The van der Waals surface area contributed by atoms with E-state index in [1.807, 2.05) is 22.6 Å². The van der Waals surface area contributed by atoms with Crippen molar-refractivity contribution in [1.82, 2.24) is 9.78 Å². The number of rotatable bonds is 3. The number of thioether (sulfide) groups is 1. The second-order valence-electron chi connectivity index (χ2n) is 2.27. The summed E-state index contributed by atoms with van der Waals surface area (Å²) in [6.45, 7) is 3.08. The highest BCUT2D eigenvalue weighted by Crippen LogP contribution is 1.97. The van der Waals surface area contributed by atoms with Crippen molar-refractivity contribution in [3.63, 3.8) is 0 Å². The predicted molar refractivity (Wildman–Crippen MR) is 45.3 cm³/mol. The highest BCUT2D eigenvalue weighted by atomic mass is 32.2. The van der Waals surface area contributed by atoms with Gasteiger partial charge in [0.2, 0.25) is 0 Å². The Morgan fingerprint density at radius 3 is 3.00 bits per heavy atom. The third-order valence-corrected chi connectivity index (χ3v) is 1.88. The van der Waals surface area contributed by atoms with Crippen LogP contribution in [0.1, 0.15) is 5.56 Å². The summed E-state index contributed by atoms with van der Waals surface area (Å²) in [4.78, 5) is 0. The van der Waals surface area contributed by atoms with Crippen molar-refractivity contribution in [3.05, 3.63) is 18.0 Å². The smallest absolute Gasteiger partial charge is 0.0518 e. The van der Waals surface area contributed by atoms with Crippen molar-refractivity contribution >= 4 is 11.8 Å². The van der Waals surface area contributed by atoms with E-state index in [1.165, 1.54) is 5.56 Å². The first-order chi connectivity index (χ1) is 4.83. The van der Waals surface area contributed by atoms with Gasteiger partial charge in [0.25, 0.3) is 0 Å². The maximum atomic E-state index is 4.16. The average molecular weight is 156 g/mol. The van der Waals surface area contributed by atoms with Crippen LogP contribution < -0.4 is 0 Å². The van der Waals surface area contributed by atoms with Crippen molar-refractivity contribution in [2.45, 2.75) is 13.5 Å². The Bertz CT molecular complexity index is 195. The fourth-order valence-electron chi connectivity index (χ4n) is 0.774. The molecule has 0 spiro atoms. The van der Waals surface area contributed by atoms with E-state index in [2.05, 4.69) is 24.5 Å². The molecule has 0 radical (unpaired) electrons. The highest BCUT2D eigenvalue weighted by Gasteiger charge is 1.90. The summed E-state index contributed by atoms with van der Waals surface area (Å²) >= 11 is 1.84. The van der Waals surface area contributed by atoms with E-state index in [-0.39, 0.29) is 0 Å². The number of aromatic nitrogens is 2. The van der Waals surface area contributed by atoms with Crippen molar-refractivity contribution in [3.8, 4) is 0 Å². The molecular formula is C7H12N2S. The molecule has 0 amide bonds. The topological polar surface area (TPSA) is 17.8 Å². The van der Waals surface area contributed by atoms with E-state index in [4.69, 9.17) is 0 Å². The summed E-state index contributed by atoms with van der Waals surface area (Å²) in [5, 5.41) is 4.16. The first-order valence-electron chi connectivity index (χ1n) is 3.31. The van der Waals surface area contributed by atoms with Gasteiger partial charge in [-0.15, -0.1) is 0 Å². The molecule has 0 saturated carbocycles. The zero-order valence-corrected chi connectivity index (χ0v) is 7.19. The fourth-order valence-corrected chi connectivity index (χ4v) is 1.14. The predicted octanol–water partition coefficient (Wildman–Crippen LogP) is 1.55. The minimum Gasteiger partial charge on any atom is -0.272 e. The molecule has 0 aliphatic rings. The van der Waals surface area contributed by atoms with Crippen LogP contribution >= 0.6 is 11.8 Å². The molecule has 10 heavy (non-hydrogen) atoms. The van der Waals surface area contributed by atoms with Gasteiger partial charge in [0.05, 0.1) is 6.20 Å². The van der Waals surface area contributed by atoms with Crippen LogP contribution in [0.15, 0.2) is 12.4 Å². The normalized spacial score (nSPS) is 10.2. The maximum absolute atomic E-state index is 4.16. The Morgan fingerprint density at radius 1 is 1.70 bits per heavy atom. The van der Waals surface area contributed by atoms with E-state index < -0.39 is 0 Å². The maximum Gasteiger partial charge on any atom is 0.0518 e. The number of aryl methyl sites for hydroxylation is 2. The van der Waals surface area contributed by atoms with Gasteiger partial charge in [-0.3, -0.25) is 4.68 Å². The molecule has 3 heteroatoms. The van der Waals surface area contributed by atoms with E-state index >= 15 is 0 Å². The van der Waals surface area contributed by atoms with Crippen LogP contribution in [0.3, 0.4) is 0 Å². The Hall–Kier alpha value is -0.440. The molecule has 56 valence electrons. The van der Waals surface area contributed by atoms with E-state index in [0.29, 0.717) is 0 Å². The van der Waals surface area contributed by atoms with Gasteiger partial charge in [-0.2, -0.15) is 16.9 Å². The second kappa shape index (κ2) is 3.66. The summed E-state index contributed by atoms with van der Waals surface area (Å²) in [5.41, 5.74) is 1.24. The molecule has 1 rings (SSSR count). The standard InChI is InChI=1S/C7H12N2S/c1-7-5-8-9(6-7)3-4-10-2/h5-6H,3-4H2,1-2H3. The zero-order valence-electron chi connectivity index (χ0n) is 6.37. The van der Waals surface area contributed by atoms with Gasteiger partial charge >= 0.3 is 0 Å². The Morgan fingerprint density at radius 2 is 2.50 bits per heavy atom. The van der Waals surface area contributed by atoms with Gasteiger partial charge in [-0.05, 0) is 18.7 Å². The molecule has 0 aliphatic heterocycles. The molecule has 1 aromatic rings. The largest absolute Gasteiger partial charge is 0.272 e. The minimum atomic E-state index is 1.02. The summed E-state index contributed by atoms with van der Waals surface area (Å²) in [6.07, 6.45) is 6.06. The third kappa shape index (κ3) is 2.06. The van der Waals surface area contributed by atoms with Crippen molar-refractivity contribution in [1.29, 1.82) is 0 Å². The monoisotopic (exact) mass is 156 g/mol.